The lowest BCUT2D eigenvalue weighted by molar-refractivity contribution is -0.113. The molecule has 70 valence electrons. The van der Waals surface area contributed by atoms with Crippen LogP contribution in [0.3, 0.4) is 0 Å². The zero-order chi connectivity index (χ0) is 9.84. The van der Waals surface area contributed by atoms with Gasteiger partial charge in [-0.05, 0) is 0 Å². The van der Waals surface area contributed by atoms with Gasteiger partial charge >= 0.3 is 0 Å². The van der Waals surface area contributed by atoms with E-state index in [1.165, 1.54) is 0 Å². The Bertz CT molecular complexity index is 322. The number of amidine groups is 3. The first-order chi connectivity index (χ1) is 6.22. The summed E-state index contributed by atoms with van der Waals surface area (Å²) < 4.78 is 35.0. The van der Waals surface area contributed by atoms with Gasteiger partial charge in [-0.2, -0.15) is 0 Å². The predicted molar refractivity (Wildman–Crippen MR) is 36.9 cm³/mol. The third-order valence-corrected chi connectivity index (χ3v) is 1.16. The van der Waals surface area contributed by atoms with Crippen molar-refractivity contribution in [3.8, 4) is 0 Å². The number of halogens is 3. The van der Waals surface area contributed by atoms with Gasteiger partial charge in [0.2, 0.25) is 17.5 Å². The second kappa shape index (κ2) is 3.65. The first-order valence-electron chi connectivity index (χ1n) is 2.88. The van der Waals surface area contributed by atoms with E-state index in [0.717, 1.165) is 0 Å². The first kappa shape index (κ1) is 9.16. The van der Waals surface area contributed by atoms with Gasteiger partial charge in [0.1, 0.15) is 0 Å². The van der Waals surface area contributed by atoms with Crippen molar-refractivity contribution in [2.24, 2.45) is 15.6 Å². The van der Waals surface area contributed by atoms with E-state index in [1.807, 2.05) is 15.6 Å². The van der Waals surface area contributed by atoms with Crippen molar-refractivity contribution in [3.63, 3.8) is 0 Å². The van der Waals surface area contributed by atoms with Crippen molar-refractivity contribution in [1.29, 1.82) is 0 Å². The van der Waals surface area contributed by atoms with Crippen LogP contribution in [0.4, 0.5) is 13.4 Å². The number of amides is 1. The van der Waals surface area contributed by atoms with E-state index in [0.29, 0.717) is 0 Å². The molecule has 0 aromatic heterocycles. The van der Waals surface area contributed by atoms with Crippen LogP contribution in [0.2, 0.25) is 0 Å². The third-order valence-electron chi connectivity index (χ3n) is 1.16. The molecule has 0 saturated carbocycles. The van der Waals surface area contributed by atoms with E-state index >= 15 is 0 Å². The number of hydrogen-bond donors (Lipinski definition) is 2. The minimum atomic E-state index is -1.08. The lowest BCUT2D eigenvalue weighted by Gasteiger charge is -2.15. The summed E-state index contributed by atoms with van der Waals surface area (Å²) in [5.74, 6) is -3.45. The monoisotopic (exact) mass is 193 g/mol. The summed E-state index contributed by atoms with van der Waals surface area (Å²) in [5, 5.41) is 9.43. The number of rotatable bonds is 0. The van der Waals surface area contributed by atoms with Crippen LogP contribution in [0.5, 0.6) is 0 Å². The molecule has 1 heterocycles. The van der Waals surface area contributed by atoms with Crippen molar-refractivity contribution < 1.29 is 18.2 Å². The smallest absolute Gasteiger partial charge is 0.295 e. The standard InChI is InChI=1S/C4H2F3N5O/c5-10-1-2(11-6)9-4(13)3(8-1)12-7/h(H,8,10,12)(H,9,11,13). The molecule has 13 heavy (non-hydrogen) atoms. The van der Waals surface area contributed by atoms with E-state index in [4.69, 9.17) is 0 Å². The summed E-state index contributed by atoms with van der Waals surface area (Å²) in [7, 11) is 0. The highest BCUT2D eigenvalue weighted by molar-refractivity contribution is 6.58. The molecule has 1 saturated heterocycles. The summed E-state index contributed by atoms with van der Waals surface area (Å²) in [6, 6.07) is 0. The van der Waals surface area contributed by atoms with Gasteiger partial charge in [-0.25, -0.2) is 0 Å². The largest absolute Gasteiger partial charge is 0.313 e. The molecule has 9 heteroatoms. The van der Waals surface area contributed by atoms with E-state index in [9.17, 15) is 18.2 Å². The summed E-state index contributed by atoms with van der Waals surface area (Å²) in [6.45, 7) is 0. The number of carbonyl (C=O) groups excluding carboxylic acids is 1. The van der Waals surface area contributed by atoms with Gasteiger partial charge in [0, 0.05) is 0 Å². The zero-order valence-corrected chi connectivity index (χ0v) is 5.88. The molecule has 1 fully saturated rings. The maximum absolute atomic E-state index is 11.7. The van der Waals surface area contributed by atoms with Crippen molar-refractivity contribution >= 4 is 23.4 Å². The van der Waals surface area contributed by atoms with Crippen LogP contribution in [-0.4, -0.2) is 23.4 Å². The predicted octanol–water partition coefficient (Wildman–Crippen LogP) is -0.445. The van der Waals surface area contributed by atoms with E-state index in [1.54, 1.807) is 10.6 Å². The highest BCUT2D eigenvalue weighted by Gasteiger charge is 2.27. The molecule has 0 aromatic carbocycles. The number of nitrogens with zero attached hydrogens (tertiary/aromatic N) is 3. The average Bonchev–Trinajstić information content (AvgIpc) is 2.17. The highest BCUT2D eigenvalue weighted by atomic mass is 19.2. The fraction of sp³-hybridized carbons (Fsp3) is 0. The van der Waals surface area contributed by atoms with Crippen LogP contribution in [0.1, 0.15) is 0 Å². The quantitative estimate of drug-likeness (QED) is 0.546. The third kappa shape index (κ3) is 1.63. The summed E-state index contributed by atoms with van der Waals surface area (Å²) in [6.07, 6.45) is 0. The van der Waals surface area contributed by atoms with Crippen LogP contribution >= 0.6 is 0 Å². The zero-order valence-electron chi connectivity index (χ0n) is 5.88. The Morgan fingerprint density at radius 1 is 0.846 bits per heavy atom. The number of hydrogen-bond acceptors (Lipinski definition) is 4. The molecule has 0 aliphatic carbocycles. The normalized spacial score (nSPS) is 26.4. The lowest BCUT2D eigenvalue weighted by Crippen LogP contribution is -2.56. The number of piperazine rings is 1. The average molecular weight is 193 g/mol. The molecule has 0 aromatic rings. The number of carbonyl (C=O) groups is 1. The minimum absolute atomic E-state index is 0.765. The second-order valence-electron chi connectivity index (χ2n) is 1.88. The van der Waals surface area contributed by atoms with Gasteiger partial charge in [0.25, 0.3) is 5.91 Å². The topological polar surface area (TPSA) is 78.2 Å². The molecular formula is C4H2F3N5O. The van der Waals surface area contributed by atoms with Crippen molar-refractivity contribution in [2.45, 2.75) is 0 Å². The highest BCUT2D eigenvalue weighted by Crippen LogP contribution is 1.92. The molecule has 0 spiro atoms. The SMILES string of the molecule is O=C1NC(=NF)C(=NF)NC1=NF. The maximum atomic E-state index is 11.7. The Morgan fingerprint density at radius 2 is 1.31 bits per heavy atom. The molecule has 2 N–H and O–H groups in total. The fourth-order valence-electron chi connectivity index (χ4n) is 0.636. The summed E-state index contributed by atoms with van der Waals surface area (Å²) >= 11 is 0. The molecule has 1 aliphatic rings. The van der Waals surface area contributed by atoms with Gasteiger partial charge in [0.15, 0.2) is 0 Å². The Labute approximate surface area is 69.1 Å². The fourth-order valence-corrected chi connectivity index (χ4v) is 0.636. The van der Waals surface area contributed by atoms with Gasteiger partial charge in [0.05, 0.1) is 0 Å². The molecule has 0 unspecified atom stereocenters. The van der Waals surface area contributed by atoms with Crippen molar-refractivity contribution in [3.05, 3.63) is 0 Å². The molecule has 0 bridgehead atoms. The van der Waals surface area contributed by atoms with Crippen LogP contribution in [0, 0.1) is 0 Å². The van der Waals surface area contributed by atoms with E-state index < -0.39 is 23.4 Å². The molecule has 1 amide bonds. The van der Waals surface area contributed by atoms with Gasteiger partial charge in [-0.1, -0.05) is 29.1 Å². The Balaban J connectivity index is 2.98. The van der Waals surface area contributed by atoms with E-state index in [2.05, 4.69) is 0 Å². The minimum Gasteiger partial charge on any atom is -0.313 e. The molecule has 0 radical (unpaired) electrons. The van der Waals surface area contributed by atoms with Crippen molar-refractivity contribution in [1.82, 2.24) is 10.6 Å². The second-order valence-corrected chi connectivity index (χ2v) is 1.88. The number of nitrogens with one attached hydrogen (secondary N) is 2. The van der Waals surface area contributed by atoms with E-state index in [-0.39, 0.29) is 0 Å². The van der Waals surface area contributed by atoms with Gasteiger partial charge in [-0.3, -0.25) is 10.1 Å². The Kier molecular flexibility index (Phi) is 2.57. The van der Waals surface area contributed by atoms with Gasteiger partial charge < -0.3 is 5.32 Å². The van der Waals surface area contributed by atoms with Crippen LogP contribution in [0.15, 0.2) is 15.6 Å². The first-order valence-corrected chi connectivity index (χ1v) is 2.88. The molecule has 6 nitrogen and oxygen atoms in total. The molecular weight excluding hydrogens is 191 g/mol. The molecule has 1 rings (SSSR count). The van der Waals surface area contributed by atoms with Crippen LogP contribution < -0.4 is 10.6 Å². The molecule has 1 aliphatic heterocycles. The van der Waals surface area contributed by atoms with Crippen molar-refractivity contribution in [2.75, 3.05) is 0 Å². The maximum Gasteiger partial charge on any atom is 0.295 e. The summed E-state index contributed by atoms with van der Waals surface area (Å²) in [5.41, 5.74) is 0. The Morgan fingerprint density at radius 3 is 1.77 bits per heavy atom. The Hall–Kier alpha value is -1.93. The van der Waals surface area contributed by atoms with Gasteiger partial charge in [-0.15, -0.1) is 0 Å². The lowest BCUT2D eigenvalue weighted by atomic mass is 10.3. The molecule has 0 atom stereocenters. The van der Waals surface area contributed by atoms with Crippen LogP contribution in [-0.2, 0) is 4.79 Å². The van der Waals surface area contributed by atoms with Crippen LogP contribution in [0.25, 0.3) is 0 Å². The summed E-state index contributed by atoms with van der Waals surface area (Å²) in [4.78, 5) is 10.7.